The molecule has 0 saturated carbocycles. The molecule has 0 spiro atoms. The summed E-state index contributed by atoms with van der Waals surface area (Å²) < 4.78 is 38.0. The Labute approximate surface area is 151 Å². The molecule has 6 nitrogen and oxygen atoms in total. The zero-order valence-electron chi connectivity index (χ0n) is 14.4. The fraction of sp³-hybridized carbons (Fsp3) is 0.222. The van der Waals surface area contributed by atoms with Crippen molar-refractivity contribution in [1.29, 1.82) is 0 Å². The van der Waals surface area contributed by atoms with Gasteiger partial charge in [-0.05, 0) is 48.4 Å². The van der Waals surface area contributed by atoms with E-state index in [0.29, 0.717) is 16.8 Å². The van der Waals surface area contributed by atoms with E-state index in [2.05, 4.69) is 10.6 Å². The number of rotatable bonds is 6. The average molecular weight is 378 g/mol. The first kappa shape index (κ1) is 19.6. The summed E-state index contributed by atoms with van der Waals surface area (Å²) in [4.78, 5) is 22.9. The Morgan fingerprint density at radius 2 is 1.73 bits per heavy atom. The van der Waals surface area contributed by atoms with E-state index < -0.39 is 21.5 Å². The fourth-order valence-corrected chi connectivity index (χ4v) is 3.37. The van der Waals surface area contributed by atoms with Crippen LogP contribution < -0.4 is 10.6 Å². The molecule has 2 rings (SSSR count). The van der Waals surface area contributed by atoms with Gasteiger partial charge >= 0.3 is 0 Å². The zero-order chi connectivity index (χ0) is 19.3. The van der Waals surface area contributed by atoms with E-state index in [4.69, 9.17) is 0 Å². The largest absolute Gasteiger partial charge is 0.351 e. The number of aryl methyl sites for hydroxylation is 1. The van der Waals surface area contributed by atoms with Crippen LogP contribution in [0.2, 0.25) is 0 Å². The predicted octanol–water partition coefficient (Wildman–Crippen LogP) is 2.18. The van der Waals surface area contributed by atoms with Crippen molar-refractivity contribution in [1.82, 2.24) is 5.32 Å². The van der Waals surface area contributed by atoms with Crippen LogP contribution >= 0.6 is 0 Å². The maximum absolute atomic E-state index is 13.5. The summed E-state index contributed by atoms with van der Waals surface area (Å²) >= 11 is 0. The van der Waals surface area contributed by atoms with Gasteiger partial charge in [-0.2, -0.15) is 0 Å². The average Bonchev–Trinajstić information content (AvgIpc) is 2.55. The highest BCUT2D eigenvalue weighted by Crippen LogP contribution is 2.15. The monoisotopic (exact) mass is 378 g/mol. The van der Waals surface area contributed by atoms with E-state index in [9.17, 15) is 22.4 Å². The maximum atomic E-state index is 13.5. The second kappa shape index (κ2) is 8.09. The first-order valence-corrected chi connectivity index (χ1v) is 9.45. The number of anilines is 1. The molecule has 0 aliphatic rings. The van der Waals surface area contributed by atoms with Crippen LogP contribution in [0.1, 0.15) is 18.1 Å². The molecule has 26 heavy (non-hydrogen) atoms. The zero-order valence-corrected chi connectivity index (χ0v) is 15.2. The lowest BCUT2D eigenvalue weighted by Gasteiger charge is -2.08. The molecule has 0 fully saturated rings. The molecule has 0 heterocycles. The summed E-state index contributed by atoms with van der Waals surface area (Å²) in [7, 11) is -3.82. The molecule has 0 bridgehead atoms. The number of amides is 2. The second-order valence-corrected chi connectivity index (χ2v) is 7.81. The third-order valence-corrected chi connectivity index (χ3v) is 5.21. The molecule has 8 heteroatoms. The lowest BCUT2D eigenvalue weighted by molar-refractivity contribution is -0.118. The number of benzene rings is 2. The topological polar surface area (TPSA) is 92.3 Å². The van der Waals surface area contributed by atoms with E-state index in [-0.39, 0.29) is 23.2 Å². The number of hydrogen-bond donors (Lipinski definition) is 2. The Morgan fingerprint density at radius 3 is 2.31 bits per heavy atom. The van der Waals surface area contributed by atoms with Crippen LogP contribution in [0.4, 0.5) is 10.1 Å². The second-order valence-electron chi connectivity index (χ2n) is 5.82. The molecule has 0 aliphatic carbocycles. The maximum Gasteiger partial charge on any atom is 0.235 e. The Morgan fingerprint density at radius 1 is 1.08 bits per heavy atom. The van der Waals surface area contributed by atoms with Gasteiger partial charge in [-0.25, -0.2) is 12.8 Å². The van der Waals surface area contributed by atoms with E-state index in [1.54, 1.807) is 19.1 Å². The highest BCUT2D eigenvalue weighted by atomic mass is 32.2. The van der Waals surface area contributed by atoms with Crippen molar-refractivity contribution in [3.8, 4) is 0 Å². The third kappa shape index (κ3) is 5.38. The van der Waals surface area contributed by atoms with E-state index in [1.165, 1.54) is 37.3 Å². The standard InChI is InChI=1S/C18H19FN2O4S/c1-12-3-4-14(9-17(12)19)10-20-18(23)11-26(24,25)16-7-5-15(6-8-16)21-13(2)22/h3-9H,10-11H2,1-2H3,(H,20,23)(H,21,22). The minimum absolute atomic E-state index is 0.0249. The van der Waals surface area contributed by atoms with Gasteiger partial charge in [0.05, 0.1) is 4.90 Å². The van der Waals surface area contributed by atoms with Gasteiger partial charge in [0.2, 0.25) is 11.8 Å². The van der Waals surface area contributed by atoms with Crippen LogP contribution in [0, 0.1) is 12.7 Å². The lowest BCUT2D eigenvalue weighted by atomic mass is 10.1. The fourth-order valence-electron chi connectivity index (χ4n) is 2.20. The van der Waals surface area contributed by atoms with Crippen LogP contribution in [0.25, 0.3) is 0 Å². The smallest absolute Gasteiger partial charge is 0.235 e. The summed E-state index contributed by atoms with van der Waals surface area (Å²) in [5.74, 6) is -2.06. The summed E-state index contributed by atoms with van der Waals surface area (Å²) in [6.07, 6.45) is 0. The minimum Gasteiger partial charge on any atom is -0.351 e. The van der Waals surface area contributed by atoms with Crippen molar-refractivity contribution in [3.63, 3.8) is 0 Å². The molecule has 0 saturated heterocycles. The molecule has 0 atom stereocenters. The number of nitrogens with one attached hydrogen (secondary N) is 2. The molecule has 0 aliphatic heterocycles. The van der Waals surface area contributed by atoms with Crippen molar-refractivity contribution in [2.45, 2.75) is 25.3 Å². The number of sulfone groups is 1. The Kier molecular flexibility index (Phi) is 6.10. The van der Waals surface area contributed by atoms with Gasteiger partial charge in [-0.15, -0.1) is 0 Å². The third-order valence-electron chi connectivity index (χ3n) is 3.58. The van der Waals surface area contributed by atoms with Crippen LogP contribution in [0.15, 0.2) is 47.4 Å². The summed E-state index contributed by atoms with van der Waals surface area (Å²) in [6, 6.07) is 10.1. The van der Waals surface area contributed by atoms with Gasteiger partial charge in [0.25, 0.3) is 0 Å². The molecule has 0 radical (unpaired) electrons. The molecule has 0 unspecified atom stereocenters. The van der Waals surface area contributed by atoms with Gasteiger partial charge in [-0.1, -0.05) is 12.1 Å². The summed E-state index contributed by atoms with van der Waals surface area (Å²) in [5.41, 5.74) is 1.49. The normalized spacial score (nSPS) is 11.0. The molecule has 138 valence electrons. The van der Waals surface area contributed by atoms with Crippen molar-refractivity contribution < 1.29 is 22.4 Å². The Balaban J connectivity index is 1.98. The summed E-state index contributed by atoms with van der Waals surface area (Å²) in [6.45, 7) is 3.00. The minimum atomic E-state index is -3.82. The van der Waals surface area contributed by atoms with Gasteiger partial charge < -0.3 is 10.6 Å². The molecule has 2 aromatic carbocycles. The van der Waals surface area contributed by atoms with E-state index in [0.717, 1.165) is 0 Å². The molecule has 0 aromatic heterocycles. The predicted molar refractivity (Wildman–Crippen MR) is 95.8 cm³/mol. The lowest BCUT2D eigenvalue weighted by Crippen LogP contribution is -2.30. The van der Waals surface area contributed by atoms with Crippen LogP contribution in [-0.2, 0) is 26.0 Å². The molecular formula is C18H19FN2O4S. The van der Waals surface area contributed by atoms with Gasteiger partial charge in [0.1, 0.15) is 11.6 Å². The number of halogens is 1. The van der Waals surface area contributed by atoms with Crippen molar-refractivity contribution in [3.05, 3.63) is 59.4 Å². The van der Waals surface area contributed by atoms with Crippen molar-refractivity contribution in [2.75, 3.05) is 11.1 Å². The van der Waals surface area contributed by atoms with Crippen LogP contribution in [-0.4, -0.2) is 26.0 Å². The quantitative estimate of drug-likeness (QED) is 0.806. The Bertz CT molecular complexity index is 925. The number of carbonyl (C=O) groups is 2. The highest BCUT2D eigenvalue weighted by Gasteiger charge is 2.19. The molecule has 2 N–H and O–H groups in total. The van der Waals surface area contributed by atoms with E-state index in [1.807, 2.05) is 0 Å². The molecule has 2 amide bonds. The van der Waals surface area contributed by atoms with Crippen LogP contribution in [0.3, 0.4) is 0 Å². The molecular weight excluding hydrogens is 359 g/mol. The number of carbonyl (C=O) groups excluding carboxylic acids is 2. The SMILES string of the molecule is CC(=O)Nc1ccc(S(=O)(=O)CC(=O)NCc2ccc(C)c(F)c2)cc1. The number of hydrogen-bond acceptors (Lipinski definition) is 4. The van der Waals surface area contributed by atoms with Crippen molar-refractivity contribution >= 4 is 27.3 Å². The first-order valence-electron chi connectivity index (χ1n) is 7.79. The van der Waals surface area contributed by atoms with Crippen molar-refractivity contribution in [2.24, 2.45) is 0 Å². The highest BCUT2D eigenvalue weighted by molar-refractivity contribution is 7.92. The van der Waals surface area contributed by atoms with Gasteiger partial charge in [0, 0.05) is 19.2 Å². The van der Waals surface area contributed by atoms with Crippen LogP contribution in [0.5, 0.6) is 0 Å². The first-order chi connectivity index (χ1) is 12.2. The van der Waals surface area contributed by atoms with Gasteiger partial charge in [-0.3, -0.25) is 9.59 Å². The molecule has 2 aromatic rings. The van der Waals surface area contributed by atoms with Gasteiger partial charge in [0.15, 0.2) is 9.84 Å². The summed E-state index contributed by atoms with van der Waals surface area (Å²) in [5, 5.41) is 4.99. The Hall–Kier alpha value is -2.74. The van der Waals surface area contributed by atoms with E-state index >= 15 is 0 Å².